The van der Waals surface area contributed by atoms with E-state index in [4.69, 9.17) is 14.6 Å². The molecule has 0 saturated carbocycles. The monoisotopic (exact) mass is 293 g/mol. The molecule has 0 aliphatic carbocycles. The molecule has 2 unspecified atom stereocenters. The summed E-state index contributed by atoms with van der Waals surface area (Å²) in [5, 5.41) is 12.3. The van der Waals surface area contributed by atoms with Crippen molar-refractivity contribution in [1.82, 2.24) is 5.32 Å². The van der Waals surface area contributed by atoms with E-state index in [0.717, 1.165) is 29.0 Å². The molecule has 1 aromatic carbocycles. The van der Waals surface area contributed by atoms with Crippen LogP contribution in [-0.2, 0) is 11.2 Å². The number of fused-ring (bicyclic) bond motifs is 1. The van der Waals surface area contributed by atoms with Gasteiger partial charge in [-0.25, -0.2) is 0 Å². The first-order valence-corrected chi connectivity index (χ1v) is 7.46. The van der Waals surface area contributed by atoms with Crippen LogP contribution in [0.5, 0.6) is 11.5 Å². The standard InChI is InChI=1S/C16H23NO4/c1-4-17-13(9-16(18)19)12-8-14-11(6-10(3)21-14)7-15(12)20-5-2/h7-8,10,13,17H,4-6,9H2,1-3H3,(H,18,19). The van der Waals surface area contributed by atoms with Crippen LogP contribution in [0.3, 0.4) is 0 Å². The maximum atomic E-state index is 11.1. The SMILES string of the molecule is CCNC(CC(=O)O)c1cc2c(cc1OCC)CC(C)O2. The number of carboxylic acid groups (broad SMARTS) is 1. The zero-order valence-electron chi connectivity index (χ0n) is 12.8. The molecule has 1 aromatic rings. The molecule has 2 N–H and O–H groups in total. The Labute approximate surface area is 125 Å². The highest BCUT2D eigenvalue weighted by Gasteiger charge is 2.25. The number of rotatable bonds is 7. The average Bonchev–Trinajstić information content (AvgIpc) is 2.76. The Hall–Kier alpha value is -1.75. The number of ether oxygens (including phenoxy) is 2. The van der Waals surface area contributed by atoms with Gasteiger partial charge in [0.1, 0.15) is 17.6 Å². The van der Waals surface area contributed by atoms with Crippen molar-refractivity contribution in [2.75, 3.05) is 13.2 Å². The molecule has 116 valence electrons. The van der Waals surface area contributed by atoms with Crippen molar-refractivity contribution < 1.29 is 19.4 Å². The molecule has 1 heterocycles. The molecule has 5 nitrogen and oxygen atoms in total. The zero-order chi connectivity index (χ0) is 15.4. The first-order chi connectivity index (χ1) is 10.0. The average molecular weight is 293 g/mol. The van der Waals surface area contributed by atoms with Gasteiger partial charge in [0.15, 0.2) is 0 Å². The quantitative estimate of drug-likeness (QED) is 0.808. The minimum Gasteiger partial charge on any atom is -0.494 e. The third kappa shape index (κ3) is 3.67. The highest BCUT2D eigenvalue weighted by molar-refractivity contribution is 5.68. The van der Waals surface area contributed by atoms with Gasteiger partial charge < -0.3 is 19.9 Å². The van der Waals surface area contributed by atoms with E-state index in [9.17, 15) is 4.79 Å². The van der Waals surface area contributed by atoms with E-state index in [1.165, 1.54) is 0 Å². The Bertz CT molecular complexity index is 515. The van der Waals surface area contributed by atoms with E-state index < -0.39 is 5.97 Å². The van der Waals surface area contributed by atoms with Crippen LogP contribution in [0.2, 0.25) is 0 Å². The van der Waals surface area contributed by atoms with Crippen LogP contribution >= 0.6 is 0 Å². The second-order valence-electron chi connectivity index (χ2n) is 5.27. The molecular weight excluding hydrogens is 270 g/mol. The molecule has 0 saturated heterocycles. The summed E-state index contributed by atoms with van der Waals surface area (Å²) in [6.07, 6.45) is 1.03. The molecule has 0 bridgehead atoms. The maximum absolute atomic E-state index is 11.1. The lowest BCUT2D eigenvalue weighted by atomic mass is 9.99. The van der Waals surface area contributed by atoms with Gasteiger partial charge in [0.2, 0.25) is 0 Å². The third-order valence-corrected chi connectivity index (χ3v) is 3.53. The fourth-order valence-corrected chi connectivity index (χ4v) is 2.72. The van der Waals surface area contributed by atoms with Crippen molar-refractivity contribution in [3.63, 3.8) is 0 Å². The van der Waals surface area contributed by atoms with Gasteiger partial charge in [-0.1, -0.05) is 6.92 Å². The molecule has 5 heteroatoms. The third-order valence-electron chi connectivity index (χ3n) is 3.53. The lowest BCUT2D eigenvalue weighted by molar-refractivity contribution is -0.137. The minimum absolute atomic E-state index is 0.0161. The van der Waals surface area contributed by atoms with Gasteiger partial charge in [0, 0.05) is 23.6 Å². The molecule has 1 aliphatic rings. The first-order valence-electron chi connectivity index (χ1n) is 7.46. The summed E-state index contributed by atoms with van der Waals surface area (Å²) >= 11 is 0. The Balaban J connectivity index is 2.39. The fourth-order valence-electron chi connectivity index (χ4n) is 2.72. The summed E-state index contributed by atoms with van der Waals surface area (Å²) in [7, 11) is 0. The zero-order valence-corrected chi connectivity index (χ0v) is 12.8. The smallest absolute Gasteiger partial charge is 0.305 e. The summed E-state index contributed by atoms with van der Waals surface area (Å²) in [5.41, 5.74) is 1.98. The van der Waals surface area contributed by atoms with Crippen LogP contribution in [0, 0.1) is 0 Å². The molecule has 0 radical (unpaired) electrons. The number of hydrogen-bond acceptors (Lipinski definition) is 4. The molecule has 21 heavy (non-hydrogen) atoms. The van der Waals surface area contributed by atoms with Crippen LogP contribution in [0.15, 0.2) is 12.1 Å². The van der Waals surface area contributed by atoms with E-state index in [2.05, 4.69) is 5.32 Å². The molecule has 0 fully saturated rings. The fraction of sp³-hybridized carbons (Fsp3) is 0.562. The second-order valence-corrected chi connectivity index (χ2v) is 5.27. The van der Waals surface area contributed by atoms with E-state index in [1.54, 1.807) is 0 Å². The Kier molecular flexibility index (Phi) is 5.07. The summed E-state index contributed by atoms with van der Waals surface area (Å²) in [5.74, 6) is 0.758. The number of carbonyl (C=O) groups is 1. The van der Waals surface area contributed by atoms with E-state index in [-0.39, 0.29) is 18.6 Å². The Morgan fingerprint density at radius 3 is 2.90 bits per heavy atom. The normalized spacial score (nSPS) is 18.0. The van der Waals surface area contributed by atoms with E-state index in [1.807, 2.05) is 32.9 Å². The van der Waals surface area contributed by atoms with Crippen LogP contribution in [0.1, 0.15) is 44.4 Å². The van der Waals surface area contributed by atoms with Crippen molar-refractivity contribution in [3.8, 4) is 11.5 Å². The largest absolute Gasteiger partial charge is 0.494 e. The van der Waals surface area contributed by atoms with Crippen LogP contribution < -0.4 is 14.8 Å². The predicted molar refractivity (Wildman–Crippen MR) is 80.1 cm³/mol. The van der Waals surface area contributed by atoms with Crippen molar-refractivity contribution in [2.24, 2.45) is 0 Å². The van der Waals surface area contributed by atoms with E-state index >= 15 is 0 Å². The summed E-state index contributed by atoms with van der Waals surface area (Å²) in [6, 6.07) is 3.64. The second kappa shape index (κ2) is 6.80. The van der Waals surface area contributed by atoms with Crippen LogP contribution in [0.25, 0.3) is 0 Å². The molecule has 0 aromatic heterocycles. The molecule has 2 atom stereocenters. The van der Waals surface area contributed by atoms with Gasteiger partial charge in [0.25, 0.3) is 0 Å². The number of benzene rings is 1. The van der Waals surface area contributed by atoms with Gasteiger partial charge in [-0.05, 0) is 32.5 Å². The lowest BCUT2D eigenvalue weighted by Gasteiger charge is -2.20. The number of nitrogens with one attached hydrogen (secondary N) is 1. The number of hydrogen-bond donors (Lipinski definition) is 2. The molecule has 0 amide bonds. The Morgan fingerprint density at radius 1 is 1.52 bits per heavy atom. The summed E-state index contributed by atoms with van der Waals surface area (Å²) < 4.78 is 11.5. The van der Waals surface area contributed by atoms with Gasteiger partial charge in [0.05, 0.1) is 13.0 Å². The number of carboxylic acids is 1. The first kappa shape index (κ1) is 15.6. The maximum Gasteiger partial charge on any atom is 0.305 e. The highest BCUT2D eigenvalue weighted by atomic mass is 16.5. The lowest BCUT2D eigenvalue weighted by Crippen LogP contribution is -2.24. The molecular formula is C16H23NO4. The summed E-state index contributed by atoms with van der Waals surface area (Å²) in [6.45, 7) is 7.15. The topological polar surface area (TPSA) is 67.8 Å². The molecule has 2 rings (SSSR count). The summed E-state index contributed by atoms with van der Waals surface area (Å²) in [4.78, 5) is 11.1. The van der Waals surface area contributed by atoms with E-state index in [0.29, 0.717) is 13.2 Å². The number of aliphatic carboxylic acids is 1. The molecule has 0 spiro atoms. The van der Waals surface area contributed by atoms with Gasteiger partial charge in [-0.2, -0.15) is 0 Å². The predicted octanol–water partition coefficient (Wildman–Crippen LogP) is 2.53. The van der Waals surface area contributed by atoms with Crippen molar-refractivity contribution in [1.29, 1.82) is 0 Å². The Morgan fingerprint density at radius 2 is 2.29 bits per heavy atom. The van der Waals surface area contributed by atoms with Gasteiger partial charge in [-0.3, -0.25) is 4.79 Å². The van der Waals surface area contributed by atoms with Crippen molar-refractivity contribution in [3.05, 3.63) is 23.3 Å². The van der Waals surface area contributed by atoms with Crippen molar-refractivity contribution >= 4 is 5.97 Å². The molecule has 1 aliphatic heterocycles. The van der Waals surface area contributed by atoms with Gasteiger partial charge >= 0.3 is 5.97 Å². The van der Waals surface area contributed by atoms with Gasteiger partial charge in [-0.15, -0.1) is 0 Å². The van der Waals surface area contributed by atoms with Crippen molar-refractivity contribution in [2.45, 2.75) is 45.8 Å². The van der Waals surface area contributed by atoms with Crippen LogP contribution in [-0.4, -0.2) is 30.3 Å². The van der Waals surface area contributed by atoms with Crippen LogP contribution in [0.4, 0.5) is 0 Å². The highest BCUT2D eigenvalue weighted by Crippen LogP contribution is 2.38. The minimum atomic E-state index is -0.835.